The van der Waals surface area contributed by atoms with E-state index in [0.29, 0.717) is 0 Å². The van der Waals surface area contributed by atoms with Gasteiger partial charge in [0.2, 0.25) is 0 Å². The highest BCUT2D eigenvalue weighted by Crippen LogP contribution is 2.26. The van der Waals surface area contributed by atoms with Crippen LogP contribution in [0.5, 0.6) is 0 Å². The topological polar surface area (TPSA) is 39.3 Å². The highest BCUT2D eigenvalue weighted by molar-refractivity contribution is 5.00. The Morgan fingerprint density at radius 1 is 1.00 bits per heavy atom. The normalized spacial score (nSPS) is 22.7. The highest BCUT2D eigenvalue weighted by atomic mass is 15.2. The van der Waals surface area contributed by atoms with Gasteiger partial charge in [0.1, 0.15) is 0 Å². The van der Waals surface area contributed by atoms with Crippen molar-refractivity contribution in [3.8, 4) is 0 Å². The Bertz CT molecular complexity index is 198. The summed E-state index contributed by atoms with van der Waals surface area (Å²) in [6.45, 7) is 11.1. The van der Waals surface area contributed by atoms with Crippen molar-refractivity contribution in [2.75, 3.05) is 46.3 Å². The summed E-state index contributed by atoms with van der Waals surface area (Å²) in [6, 6.07) is 1.53. The molecule has 0 amide bonds. The molecule has 0 aliphatic heterocycles. The van der Waals surface area contributed by atoms with Crippen molar-refractivity contribution in [2.45, 2.75) is 45.2 Å². The van der Waals surface area contributed by atoms with Gasteiger partial charge in [-0.2, -0.15) is 0 Å². The zero-order valence-corrected chi connectivity index (χ0v) is 12.5. The van der Waals surface area contributed by atoms with Gasteiger partial charge in [0.25, 0.3) is 0 Å². The van der Waals surface area contributed by atoms with E-state index in [9.17, 15) is 0 Å². The summed E-state index contributed by atoms with van der Waals surface area (Å²) < 4.78 is 0. The first kappa shape index (κ1) is 15.9. The third-order valence-corrected chi connectivity index (χ3v) is 3.62. The molecule has 3 N–H and O–H groups in total. The first-order valence-electron chi connectivity index (χ1n) is 7.64. The maximum atomic E-state index is 3.65. The summed E-state index contributed by atoms with van der Waals surface area (Å²) in [7, 11) is 2.26. The Morgan fingerprint density at radius 3 is 2.33 bits per heavy atom. The molecule has 0 saturated heterocycles. The van der Waals surface area contributed by atoms with E-state index in [-0.39, 0.29) is 0 Å². The fourth-order valence-electron chi connectivity index (χ4n) is 2.36. The number of nitrogens with one attached hydrogen (secondary N) is 3. The van der Waals surface area contributed by atoms with Gasteiger partial charge in [-0.1, -0.05) is 13.8 Å². The molecule has 4 nitrogen and oxygen atoms in total. The van der Waals surface area contributed by atoms with Crippen LogP contribution < -0.4 is 16.0 Å². The van der Waals surface area contributed by atoms with E-state index in [1.807, 2.05) is 0 Å². The van der Waals surface area contributed by atoms with Crippen LogP contribution in [0.4, 0.5) is 0 Å². The molecule has 2 atom stereocenters. The van der Waals surface area contributed by atoms with Gasteiger partial charge >= 0.3 is 0 Å². The number of nitrogens with zero attached hydrogens (tertiary/aromatic N) is 1. The maximum Gasteiger partial charge on any atom is 0.0262 e. The average Bonchev–Trinajstić information content (AvgIpc) is 3.14. The molecule has 0 aromatic carbocycles. The molecule has 1 rings (SSSR count). The molecule has 1 saturated carbocycles. The van der Waals surface area contributed by atoms with Gasteiger partial charge in [-0.25, -0.2) is 0 Å². The zero-order chi connectivity index (χ0) is 13.2. The lowest BCUT2D eigenvalue weighted by atomic mass is 10.3. The van der Waals surface area contributed by atoms with Crippen molar-refractivity contribution < 1.29 is 0 Å². The zero-order valence-electron chi connectivity index (χ0n) is 12.5. The second kappa shape index (κ2) is 9.73. The van der Waals surface area contributed by atoms with Crippen LogP contribution in [0.25, 0.3) is 0 Å². The van der Waals surface area contributed by atoms with E-state index in [0.717, 1.165) is 44.8 Å². The number of rotatable bonds is 12. The quantitative estimate of drug-likeness (QED) is 0.448. The van der Waals surface area contributed by atoms with Gasteiger partial charge in [0.15, 0.2) is 0 Å². The fourth-order valence-corrected chi connectivity index (χ4v) is 2.36. The summed E-state index contributed by atoms with van der Waals surface area (Å²) in [5, 5.41) is 10.4. The van der Waals surface area contributed by atoms with Crippen molar-refractivity contribution in [3.63, 3.8) is 0 Å². The molecule has 18 heavy (non-hydrogen) atoms. The van der Waals surface area contributed by atoms with E-state index in [1.165, 1.54) is 25.8 Å². The number of hydrogen-bond acceptors (Lipinski definition) is 4. The van der Waals surface area contributed by atoms with Crippen LogP contribution in [0.3, 0.4) is 0 Å². The smallest absolute Gasteiger partial charge is 0.0262 e. The van der Waals surface area contributed by atoms with Crippen molar-refractivity contribution in [1.82, 2.24) is 20.9 Å². The molecular formula is C14H32N4. The van der Waals surface area contributed by atoms with Crippen LogP contribution >= 0.6 is 0 Å². The Kier molecular flexibility index (Phi) is 8.59. The monoisotopic (exact) mass is 256 g/mol. The molecule has 0 heterocycles. The molecule has 0 radical (unpaired) electrons. The van der Waals surface area contributed by atoms with Gasteiger partial charge < -0.3 is 20.9 Å². The highest BCUT2D eigenvalue weighted by Gasteiger charge is 2.39. The summed E-state index contributed by atoms with van der Waals surface area (Å²) in [6.07, 6.45) is 3.83. The molecule has 1 aliphatic carbocycles. The average molecular weight is 256 g/mol. The fraction of sp³-hybridized carbons (Fsp3) is 1.00. The van der Waals surface area contributed by atoms with Gasteiger partial charge in [-0.15, -0.1) is 0 Å². The largest absolute Gasteiger partial charge is 0.317 e. The van der Waals surface area contributed by atoms with Crippen LogP contribution in [-0.2, 0) is 0 Å². The minimum atomic E-state index is 0.746. The van der Waals surface area contributed by atoms with Gasteiger partial charge in [-0.3, -0.25) is 0 Å². The predicted molar refractivity (Wildman–Crippen MR) is 79.1 cm³/mol. The standard InChI is InChI=1S/C14H32N4/c1-4-15-8-6-10-17-13-12-14(13)18(3)11-7-9-16-5-2/h13-17H,4-12H2,1-3H3. The number of likely N-dealkylation sites (N-methyl/N-ethyl adjacent to an activating group) is 1. The minimum Gasteiger partial charge on any atom is -0.317 e. The Labute approximate surface area is 113 Å². The van der Waals surface area contributed by atoms with Gasteiger partial charge in [0, 0.05) is 12.1 Å². The molecular weight excluding hydrogens is 224 g/mol. The second-order valence-corrected chi connectivity index (χ2v) is 5.26. The molecule has 0 aromatic rings. The van der Waals surface area contributed by atoms with E-state index in [1.54, 1.807) is 0 Å². The Balaban J connectivity index is 1.91. The summed E-state index contributed by atoms with van der Waals surface area (Å²) in [5.74, 6) is 0. The Hall–Kier alpha value is -0.160. The second-order valence-electron chi connectivity index (χ2n) is 5.26. The lowest BCUT2D eigenvalue weighted by Crippen LogP contribution is -2.32. The molecule has 0 spiro atoms. The molecule has 0 aromatic heterocycles. The van der Waals surface area contributed by atoms with Crippen molar-refractivity contribution in [1.29, 1.82) is 0 Å². The van der Waals surface area contributed by atoms with Crippen molar-refractivity contribution in [3.05, 3.63) is 0 Å². The molecule has 1 fully saturated rings. The molecule has 108 valence electrons. The molecule has 4 heteroatoms. The van der Waals surface area contributed by atoms with Crippen LogP contribution in [0, 0.1) is 0 Å². The van der Waals surface area contributed by atoms with Crippen LogP contribution in [-0.4, -0.2) is 63.3 Å². The summed E-state index contributed by atoms with van der Waals surface area (Å²) >= 11 is 0. The van der Waals surface area contributed by atoms with Crippen molar-refractivity contribution >= 4 is 0 Å². The van der Waals surface area contributed by atoms with Crippen LogP contribution in [0.2, 0.25) is 0 Å². The van der Waals surface area contributed by atoms with E-state index in [4.69, 9.17) is 0 Å². The first-order chi connectivity index (χ1) is 8.79. The van der Waals surface area contributed by atoms with Crippen LogP contribution in [0.15, 0.2) is 0 Å². The third-order valence-electron chi connectivity index (χ3n) is 3.62. The van der Waals surface area contributed by atoms with Gasteiger partial charge in [-0.05, 0) is 65.6 Å². The van der Waals surface area contributed by atoms with Crippen molar-refractivity contribution in [2.24, 2.45) is 0 Å². The summed E-state index contributed by atoms with van der Waals surface area (Å²) in [4.78, 5) is 2.51. The van der Waals surface area contributed by atoms with E-state index in [2.05, 4.69) is 41.7 Å². The van der Waals surface area contributed by atoms with E-state index >= 15 is 0 Å². The predicted octanol–water partition coefficient (Wildman–Crippen LogP) is 0.648. The van der Waals surface area contributed by atoms with E-state index < -0.39 is 0 Å². The first-order valence-corrected chi connectivity index (χ1v) is 7.64. The maximum absolute atomic E-state index is 3.65. The molecule has 0 bridgehead atoms. The summed E-state index contributed by atoms with van der Waals surface area (Å²) in [5.41, 5.74) is 0. The van der Waals surface area contributed by atoms with Gasteiger partial charge in [0.05, 0.1) is 0 Å². The molecule has 1 aliphatic rings. The third kappa shape index (κ3) is 6.69. The SMILES string of the molecule is CCNCCCNC1CC1N(C)CCCNCC. The lowest BCUT2D eigenvalue weighted by molar-refractivity contribution is 0.306. The number of hydrogen-bond donors (Lipinski definition) is 3. The Morgan fingerprint density at radius 2 is 1.67 bits per heavy atom. The lowest BCUT2D eigenvalue weighted by Gasteiger charge is -2.17. The van der Waals surface area contributed by atoms with Crippen LogP contribution in [0.1, 0.15) is 33.1 Å². The molecule has 2 unspecified atom stereocenters. The minimum absolute atomic E-state index is 0.746.